The summed E-state index contributed by atoms with van der Waals surface area (Å²) in [5, 5.41) is 13.1. The number of furan rings is 1. The van der Waals surface area contributed by atoms with E-state index in [0.717, 1.165) is 5.56 Å². The molecule has 0 aliphatic rings. The predicted molar refractivity (Wildman–Crippen MR) is 76.9 cm³/mol. The highest BCUT2D eigenvalue weighted by molar-refractivity contribution is 6.31. The van der Waals surface area contributed by atoms with Gasteiger partial charge >= 0.3 is 0 Å². The van der Waals surface area contributed by atoms with Crippen LogP contribution in [0.15, 0.2) is 34.7 Å². The van der Waals surface area contributed by atoms with E-state index in [1.54, 1.807) is 37.3 Å². The number of benzene rings is 1. The van der Waals surface area contributed by atoms with Crippen molar-refractivity contribution in [2.75, 3.05) is 6.54 Å². The molecule has 0 aliphatic heterocycles. The number of amides is 1. The smallest absolute Gasteiger partial charge is 0.287 e. The van der Waals surface area contributed by atoms with Gasteiger partial charge in [0, 0.05) is 17.1 Å². The monoisotopic (exact) mass is 293 g/mol. The fourth-order valence-electron chi connectivity index (χ4n) is 1.82. The molecule has 5 heteroatoms. The molecule has 1 atom stereocenters. The van der Waals surface area contributed by atoms with Gasteiger partial charge in [0.25, 0.3) is 5.91 Å². The lowest BCUT2D eigenvalue weighted by Gasteiger charge is -2.12. The van der Waals surface area contributed by atoms with Crippen LogP contribution in [-0.2, 0) is 0 Å². The number of aliphatic hydroxyl groups excluding tert-OH is 1. The number of aliphatic hydroxyl groups is 1. The molecular weight excluding hydrogens is 278 g/mol. The molecule has 1 unspecified atom stereocenters. The zero-order chi connectivity index (χ0) is 14.7. The second-order valence-corrected chi connectivity index (χ2v) is 5.00. The van der Waals surface area contributed by atoms with Crippen LogP contribution >= 0.6 is 11.6 Å². The lowest BCUT2D eigenvalue weighted by Crippen LogP contribution is -2.28. The first-order valence-electron chi connectivity index (χ1n) is 6.26. The molecular formula is C15H16ClNO3. The molecule has 0 bridgehead atoms. The molecule has 106 valence electrons. The van der Waals surface area contributed by atoms with E-state index in [4.69, 9.17) is 16.0 Å². The van der Waals surface area contributed by atoms with Crippen LogP contribution in [0.3, 0.4) is 0 Å². The van der Waals surface area contributed by atoms with Crippen molar-refractivity contribution in [1.29, 1.82) is 0 Å². The molecule has 20 heavy (non-hydrogen) atoms. The van der Waals surface area contributed by atoms with Crippen molar-refractivity contribution in [3.8, 4) is 0 Å². The molecule has 2 N–H and O–H groups in total. The molecule has 0 radical (unpaired) electrons. The van der Waals surface area contributed by atoms with Crippen molar-refractivity contribution in [2.24, 2.45) is 0 Å². The Morgan fingerprint density at radius 1 is 1.40 bits per heavy atom. The Morgan fingerprint density at radius 2 is 2.10 bits per heavy atom. The Balaban J connectivity index is 1.98. The number of hydrogen-bond acceptors (Lipinski definition) is 3. The molecule has 1 aromatic carbocycles. The molecule has 4 nitrogen and oxygen atoms in total. The summed E-state index contributed by atoms with van der Waals surface area (Å²) in [5.74, 6) is 0.598. The van der Waals surface area contributed by atoms with Gasteiger partial charge in [0.2, 0.25) is 0 Å². The van der Waals surface area contributed by atoms with Gasteiger partial charge in [0.1, 0.15) is 5.76 Å². The van der Waals surface area contributed by atoms with Gasteiger partial charge in [0.15, 0.2) is 5.76 Å². The highest BCUT2D eigenvalue weighted by Crippen LogP contribution is 2.22. The van der Waals surface area contributed by atoms with Crippen molar-refractivity contribution in [3.63, 3.8) is 0 Å². The van der Waals surface area contributed by atoms with Gasteiger partial charge in [0.05, 0.1) is 6.10 Å². The quantitative estimate of drug-likeness (QED) is 0.911. The van der Waals surface area contributed by atoms with Crippen LogP contribution in [0.5, 0.6) is 0 Å². The summed E-state index contributed by atoms with van der Waals surface area (Å²) in [5.41, 5.74) is 1.50. The molecule has 2 rings (SSSR count). The van der Waals surface area contributed by atoms with Crippen LogP contribution in [0.4, 0.5) is 0 Å². The first-order valence-corrected chi connectivity index (χ1v) is 6.64. The first kappa shape index (κ1) is 14.6. The standard InChI is InChI=1S/C15H16ClNO3/c1-9-7-14(20-10(9)2)15(19)17-8-13(18)11-5-3-4-6-12(11)16/h3-7,13,18H,8H2,1-2H3,(H,17,19). The van der Waals surface area contributed by atoms with Crippen LogP contribution in [0.25, 0.3) is 0 Å². The third kappa shape index (κ3) is 3.21. The highest BCUT2D eigenvalue weighted by atomic mass is 35.5. The zero-order valence-corrected chi connectivity index (χ0v) is 12.1. The average Bonchev–Trinajstić information content (AvgIpc) is 2.76. The Hall–Kier alpha value is -1.78. The lowest BCUT2D eigenvalue weighted by atomic mass is 10.1. The summed E-state index contributed by atoms with van der Waals surface area (Å²) >= 11 is 5.98. The third-order valence-electron chi connectivity index (χ3n) is 3.11. The minimum atomic E-state index is -0.857. The Morgan fingerprint density at radius 3 is 2.70 bits per heavy atom. The van der Waals surface area contributed by atoms with Gasteiger partial charge in [-0.15, -0.1) is 0 Å². The summed E-state index contributed by atoms with van der Waals surface area (Å²) in [6.07, 6.45) is -0.857. The summed E-state index contributed by atoms with van der Waals surface area (Å²) in [6.45, 7) is 3.74. The van der Waals surface area contributed by atoms with Crippen molar-refractivity contribution in [2.45, 2.75) is 20.0 Å². The Labute approximate surface area is 122 Å². The zero-order valence-electron chi connectivity index (χ0n) is 11.3. The van der Waals surface area contributed by atoms with E-state index in [9.17, 15) is 9.90 Å². The van der Waals surface area contributed by atoms with E-state index in [0.29, 0.717) is 16.3 Å². The van der Waals surface area contributed by atoms with Gasteiger partial charge in [-0.3, -0.25) is 4.79 Å². The third-order valence-corrected chi connectivity index (χ3v) is 3.45. The Kier molecular flexibility index (Phi) is 4.47. The maximum atomic E-state index is 11.9. The second-order valence-electron chi connectivity index (χ2n) is 4.60. The van der Waals surface area contributed by atoms with Crippen LogP contribution in [0.2, 0.25) is 5.02 Å². The van der Waals surface area contributed by atoms with Crippen molar-refractivity contribution in [1.82, 2.24) is 5.32 Å². The number of rotatable bonds is 4. The largest absolute Gasteiger partial charge is 0.456 e. The first-order chi connectivity index (χ1) is 9.49. The van der Waals surface area contributed by atoms with E-state index in [1.807, 2.05) is 6.92 Å². The molecule has 2 aromatic rings. The van der Waals surface area contributed by atoms with Crippen LogP contribution in [0.1, 0.15) is 33.5 Å². The fourth-order valence-corrected chi connectivity index (χ4v) is 2.08. The number of nitrogens with one attached hydrogen (secondary N) is 1. The summed E-state index contributed by atoms with van der Waals surface area (Å²) < 4.78 is 5.32. The molecule has 1 amide bonds. The number of halogens is 1. The van der Waals surface area contributed by atoms with Gasteiger partial charge in [-0.05, 0) is 31.5 Å². The topological polar surface area (TPSA) is 62.5 Å². The molecule has 0 aliphatic carbocycles. The minimum absolute atomic E-state index is 0.0708. The summed E-state index contributed by atoms with van der Waals surface area (Å²) in [6, 6.07) is 8.66. The van der Waals surface area contributed by atoms with Crippen LogP contribution < -0.4 is 5.32 Å². The van der Waals surface area contributed by atoms with E-state index >= 15 is 0 Å². The maximum Gasteiger partial charge on any atom is 0.287 e. The number of hydrogen-bond donors (Lipinski definition) is 2. The van der Waals surface area contributed by atoms with Crippen molar-refractivity contribution in [3.05, 3.63) is 58.0 Å². The molecule has 0 spiro atoms. The molecule has 1 heterocycles. The van der Waals surface area contributed by atoms with Crippen LogP contribution in [-0.4, -0.2) is 17.6 Å². The second kappa shape index (κ2) is 6.11. The number of aryl methyl sites for hydroxylation is 2. The molecule has 0 saturated carbocycles. The van der Waals surface area contributed by atoms with Crippen molar-refractivity contribution >= 4 is 17.5 Å². The number of carbonyl (C=O) groups is 1. The average molecular weight is 294 g/mol. The normalized spacial score (nSPS) is 12.2. The predicted octanol–water partition coefficient (Wildman–Crippen LogP) is 3.01. The molecule has 0 fully saturated rings. The van der Waals surface area contributed by atoms with E-state index in [2.05, 4.69) is 5.32 Å². The molecule has 0 saturated heterocycles. The number of carbonyl (C=O) groups excluding carboxylic acids is 1. The Bertz CT molecular complexity index is 602. The van der Waals surface area contributed by atoms with Crippen molar-refractivity contribution < 1.29 is 14.3 Å². The SMILES string of the molecule is Cc1cc(C(=O)NCC(O)c2ccccc2Cl)oc1C. The van der Waals surface area contributed by atoms with Crippen LogP contribution in [0, 0.1) is 13.8 Å². The molecule has 1 aromatic heterocycles. The maximum absolute atomic E-state index is 11.9. The lowest BCUT2D eigenvalue weighted by molar-refractivity contribution is 0.0888. The van der Waals surface area contributed by atoms with Gasteiger partial charge < -0.3 is 14.8 Å². The van der Waals surface area contributed by atoms with E-state index in [1.165, 1.54) is 0 Å². The fraction of sp³-hybridized carbons (Fsp3) is 0.267. The highest BCUT2D eigenvalue weighted by Gasteiger charge is 2.16. The van der Waals surface area contributed by atoms with E-state index < -0.39 is 6.10 Å². The van der Waals surface area contributed by atoms with Gasteiger partial charge in [-0.1, -0.05) is 29.8 Å². The summed E-state index contributed by atoms with van der Waals surface area (Å²) in [4.78, 5) is 11.9. The minimum Gasteiger partial charge on any atom is -0.456 e. The van der Waals surface area contributed by atoms with E-state index in [-0.39, 0.29) is 18.2 Å². The summed E-state index contributed by atoms with van der Waals surface area (Å²) in [7, 11) is 0. The van der Waals surface area contributed by atoms with Gasteiger partial charge in [-0.25, -0.2) is 0 Å². The van der Waals surface area contributed by atoms with Gasteiger partial charge in [-0.2, -0.15) is 0 Å².